The van der Waals surface area contributed by atoms with Crippen LogP contribution in [0.25, 0.3) is 0 Å². The maximum atomic E-state index is 10.8. The zero-order valence-electron chi connectivity index (χ0n) is 9.56. The first-order valence-corrected chi connectivity index (χ1v) is 6.15. The molecule has 1 atom stereocenters. The number of carboxylic acid groups (broad SMARTS) is 1. The highest BCUT2D eigenvalue weighted by atomic mass is 79.9. The second-order valence-electron chi connectivity index (χ2n) is 3.38. The number of rotatable bonds is 7. The number of hydrogen-bond acceptors (Lipinski definition) is 3. The summed E-state index contributed by atoms with van der Waals surface area (Å²) in [5.41, 5.74) is 0. The number of carboxylic acids is 1. The van der Waals surface area contributed by atoms with Crippen molar-refractivity contribution < 1.29 is 19.4 Å². The molecule has 0 aromatic heterocycles. The number of aliphatic carboxylic acids is 1. The number of halogens is 1. The maximum absolute atomic E-state index is 10.8. The Morgan fingerprint density at radius 3 is 2.88 bits per heavy atom. The molecular formula is C12H15BrO4. The van der Waals surface area contributed by atoms with E-state index >= 15 is 0 Å². The van der Waals surface area contributed by atoms with Crippen LogP contribution < -0.4 is 4.74 Å². The van der Waals surface area contributed by atoms with Gasteiger partial charge in [0.2, 0.25) is 0 Å². The number of carbonyl (C=O) groups is 1. The molecular weight excluding hydrogens is 288 g/mol. The fraction of sp³-hybridized carbons (Fsp3) is 0.417. The molecule has 0 amide bonds. The molecule has 0 saturated heterocycles. The molecule has 0 aliphatic rings. The zero-order chi connectivity index (χ0) is 12.7. The van der Waals surface area contributed by atoms with Gasteiger partial charge in [-0.1, -0.05) is 22.0 Å². The van der Waals surface area contributed by atoms with Crippen LogP contribution in [0.5, 0.6) is 5.75 Å². The van der Waals surface area contributed by atoms with Crippen LogP contribution in [0.15, 0.2) is 28.7 Å². The molecule has 0 saturated carbocycles. The van der Waals surface area contributed by atoms with Crippen molar-refractivity contribution in [2.45, 2.75) is 19.4 Å². The van der Waals surface area contributed by atoms with E-state index in [9.17, 15) is 4.79 Å². The minimum absolute atomic E-state index is 0.313. The van der Waals surface area contributed by atoms with E-state index in [-0.39, 0.29) is 0 Å². The Hall–Kier alpha value is -1.07. The van der Waals surface area contributed by atoms with E-state index in [4.69, 9.17) is 14.6 Å². The van der Waals surface area contributed by atoms with Gasteiger partial charge < -0.3 is 14.6 Å². The van der Waals surface area contributed by atoms with Crippen molar-refractivity contribution in [2.24, 2.45) is 0 Å². The van der Waals surface area contributed by atoms with Gasteiger partial charge in [0.25, 0.3) is 0 Å². The molecule has 1 unspecified atom stereocenters. The molecule has 5 heteroatoms. The van der Waals surface area contributed by atoms with Gasteiger partial charge in [-0.15, -0.1) is 0 Å². The third kappa shape index (κ3) is 5.19. The zero-order valence-corrected chi connectivity index (χ0v) is 11.1. The summed E-state index contributed by atoms with van der Waals surface area (Å²) >= 11 is 3.33. The Kier molecular flexibility index (Phi) is 6.00. The highest BCUT2D eigenvalue weighted by Gasteiger charge is 2.16. The number of benzene rings is 1. The minimum Gasteiger partial charge on any atom is -0.493 e. The monoisotopic (exact) mass is 302 g/mol. The van der Waals surface area contributed by atoms with Crippen molar-refractivity contribution in [3.8, 4) is 5.75 Å². The van der Waals surface area contributed by atoms with Crippen LogP contribution in [0.2, 0.25) is 0 Å². The van der Waals surface area contributed by atoms with Crippen LogP contribution in [0.1, 0.15) is 13.3 Å². The third-order valence-electron chi connectivity index (χ3n) is 2.09. The molecule has 0 heterocycles. The normalized spacial score (nSPS) is 12.1. The lowest BCUT2D eigenvalue weighted by atomic mass is 10.2. The smallest absolute Gasteiger partial charge is 0.332 e. The van der Waals surface area contributed by atoms with Crippen molar-refractivity contribution in [3.63, 3.8) is 0 Å². The van der Waals surface area contributed by atoms with E-state index in [1.807, 2.05) is 24.3 Å². The summed E-state index contributed by atoms with van der Waals surface area (Å²) in [6, 6.07) is 7.40. The number of hydrogen-bond donors (Lipinski definition) is 1. The van der Waals surface area contributed by atoms with E-state index < -0.39 is 12.1 Å². The second-order valence-corrected chi connectivity index (χ2v) is 4.29. The van der Waals surface area contributed by atoms with Gasteiger partial charge in [0, 0.05) is 17.5 Å². The average molecular weight is 303 g/mol. The molecule has 0 bridgehead atoms. The summed E-state index contributed by atoms with van der Waals surface area (Å²) in [7, 11) is 0. The molecule has 1 aromatic rings. The molecule has 17 heavy (non-hydrogen) atoms. The SMILES string of the molecule is CCOC(CCOc1cccc(Br)c1)C(=O)O. The number of ether oxygens (including phenoxy) is 2. The summed E-state index contributed by atoms with van der Waals surface area (Å²) < 4.78 is 11.4. The van der Waals surface area contributed by atoms with Crippen LogP contribution in [0.4, 0.5) is 0 Å². The summed E-state index contributed by atoms with van der Waals surface area (Å²) in [5.74, 6) is -0.246. The first kappa shape index (κ1) is 14.0. The van der Waals surface area contributed by atoms with Crippen molar-refractivity contribution in [1.29, 1.82) is 0 Å². The summed E-state index contributed by atoms with van der Waals surface area (Å²) in [6.07, 6.45) is -0.470. The minimum atomic E-state index is -0.954. The van der Waals surface area contributed by atoms with Crippen LogP contribution in [-0.2, 0) is 9.53 Å². The fourth-order valence-corrected chi connectivity index (χ4v) is 1.70. The highest BCUT2D eigenvalue weighted by molar-refractivity contribution is 9.10. The quantitative estimate of drug-likeness (QED) is 0.841. The maximum Gasteiger partial charge on any atom is 0.332 e. The predicted molar refractivity (Wildman–Crippen MR) is 67.3 cm³/mol. The molecule has 94 valence electrons. The van der Waals surface area contributed by atoms with E-state index in [1.165, 1.54) is 0 Å². The molecule has 0 spiro atoms. The van der Waals surface area contributed by atoms with Gasteiger partial charge in [0.1, 0.15) is 5.75 Å². The lowest BCUT2D eigenvalue weighted by molar-refractivity contribution is -0.150. The topological polar surface area (TPSA) is 55.8 Å². The summed E-state index contributed by atoms with van der Waals surface area (Å²) in [6.45, 7) is 2.46. The van der Waals surface area contributed by atoms with Gasteiger partial charge in [0.05, 0.1) is 6.61 Å². The van der Waals surface area contributed by atoms with Gasteiger partial charge in [0.15, 0.2) is 6.10 Å². The van der Waals surface area contributed by atoms with E-state index in [0.717, 1.165) is 4.47 Å². The second kappa shape index (κ2) is 7.29. The Morgan fingerprint density at radius 2 is 2.29 bits per heavy atom. The molecule has 0 aliphatic carbocycles. The Balaban J connectivity index is 2.38. The standard InChI is InChI=1S/C12H15BrO4/c1-2-16-11(12(14)15)6-7-17-10-5-3-4-9(13)8-10/h3-5,8,11H,2,6-7H2,1H3,(H,14,15). The Labute approximate surface area is 109 Å². The average Bonchev–Trinajstić information content (AvgIpc) is 2.28. The van der Waals surface area contributed by atoms with Gasteiger partial charge in [-0.25, -0.2) is 4.79 Å². The highest BCUT2D eigenvalue weighted by Crippen LogP contribution is 2.18. The van der Waals surface area contributed by atoms with Crippen molar-refractivity contribution >= 4 is 21.9 Å². The fourth-order valence-electron chi connectivity index (χ4n) is 1.32. The Bertz CT molecular complexity index is 367. The molecule has 1 rings (SSSR count). The molecule has 0 aliphatic heterocycles. The van der Waals surface area contributed by atoms with E-state index in [0.29, 0.717) is 25.4 Å². The molecule has 0 radical (unpaired) electrons. The van der Waals surface area contributed by atoms with Gasteiger partial charge >= 0.3 is 5.97 Å². The van der Waals surface area contributed by atoms with Crippen LogP contribution in [-0.4, -0.2) is 30.4 Å². The molecule has 0 fully saturated rings. The largest absolute Gasteiger partial charge is 0.493 e. The van der Waals surface area contributed by atoms with E-state index in [2.05, 4.69) is 15.9 Å². The lowest BCUT2D eigenvalue weighted by Gasteiger charge is -2.13. The molecule has 1 N–H and O–H groups in total. The van der Waals surface area contributed by atoms with Crippen molar-refractivity contribution in [1.82, 2.24) is 0 Å². The molecule has 4 nitrogen and oxygen atoms in total. The van der Waals surface area contributed by atoms with Gasteiger partial charge in [-0.05, 0) is 25.1 Å². The first-order valence-electron chi connectivity index (χ1n) is 5.36. The predicted octanol–water partition coefficient (Wildman–Crippen LogP) is 2.71. The van der Waals surface area contributed by atoms with Crippen molar-refractivity contribution in [3.05, 3.63) is 28.7 Å². The van der Waals surface area contributed by atoms with Gasteiger partial charge in [-0.2, -0.15) is 0 Å². The Morgan fingerprint density at radius 1 is 1.53 bits per heavy atom. The summed E-state index contributed by atoms with van der Waals surface area (Å²) in [4.78, 5) is 10.8. The van der Waals surface area contributed by atoms with Crippen LogP contribution >= 0.6 is 15.9 Å². The third-order valence-corrected chi connectivity index (χ3v) is 2.58. The first-order chi connectivity index (χ1) is 8.13. The lowest BCUT2D eigenvalue weighted by Crippen LogP contribution is -2.26. The van der Waals surface area contributed by atoms with Gasteiger partial charge in [-0.3, -0.25) is 0 Å². The van der Waals surface area contributed by atoms with Crippen LogP contribution in [0, 0.1) is 0 Å². The van der Waals surface area contributed by atoms with E-state index in [1.54, 1.807) is 6.92 Å². The van der Waals surface area contributed by atoms with Crippen LogP contribution in [0.3, 0.4) is 0 Å². The van der Waals surface area contributed by atoms with Crippen molar-refractivity contribution in [2.75, 3.05) is 13.2 Å². The summed E-state index contributed by atoms with van der Waals surface area (Å²) in [5, 5.41) is 8.86. The molecule has 1 aromatic carbocycles.